The van der Waals surface area contributed by atoms with E-state index in [0.29, 0.717) is 5.48 Å². The molecule has 0 rings (SSSR count). The molecule has 88 valence electrons. The zero-order valence-corrected chi connectivity index (χ0v) is 7.24. The molecule has 11 heteroatoms. The van der Waals surface area contributed by atoms with E-state index in [-0.39, 0.29) is 0 Å². The number of amidine groups is 1. The minimum absolute atomic E-state index is 0.541. The molecule has 4 nitrogen and oxygen atoms in total. The van der Waals surface area contributed by atoms with Crippen LogP contribution in [0.1, 0.15) is 0 Å². The van der Waals surface area contributed by atoms with Gasteiger partial charge >= 0.3 is 12.4 Å². The molecule has 0 radical (unpaired) electrons. The largest absolute Gasteiger partial charge is 0.453 e. The molecule has 0 aliphatic carbocycles. The van der Waals surface area contributed by atoms with Gasteiger partial charge in [-0.25, -0.2) is 5.48 Å². The minimum atomic E-state index is -5.17. The van der Waals surface area contributed by atoms with Gasteiger partial charge in [-0.15, -0.1) is 10.2 Å². The van der Waals surface area contributed by atoms with Crippen LogP contribution in [-0.4, -0.2) is 28.6 Å². The molecule has 0 aromatic rings. The molecular weight excluding hydrogens is 256 g/mol. The van der Waals surface area contributed by atoms with Crippen LogP contribution in [-0.2, 0) is 0 Å². The van der Waals surface area contributed by atoms with Gasteiger partial charge in [0.2, 0.25) is 5.17 Å². The summed E-state index contributed by atoms with van der Waals surface area (Å²) in [6, 6.07) is 0. The van der Waals surface area contributed by atoms with E-state index in [1.54, 1.807) is 0 Å². The van der Waals surface area contributed by atoms with Crippen LogP contribution in [0.4, 0.5) is 26.3 Å². The number of hydrogen-bond donors (Lipinski definition) is 2. The third-order valence-corrected chi connectivity index (χ3v) is 1.14. The quantitative estimate of drug-likeness (QED) is 0.327. The van der Waals surface area contributed by atoms with Gasteiger partial charge in [0.15, 0.2) is 0 Å². The van der Waals surface area contributed by atoms with Crippen LogP contribution in [0.25, 0.3) is 0 Å². The van der Waals surface area contributed by atoms with E-state index in [0.717, 1.165) is 0 Å². The summed E-state index contributed by atoms with van der Waals surface area (Å²) in [5.74, 6) is -2.12. The Balaban J connectivity index is 4.91. The standard InChI is InChI=1S/C4H2ClF6N3O/c5-1(3(6,7)8)12-13-2(14-15)4(9,10)11/h15H,(H,13,14)/b12-1-. The lowest BCUT2D eigenvalue weighted by atomic mass is 10.6. The number of rotatable bonds is 1. The molecule has 0 spiro atoms. The molecule has 0 atom stereocenters. The van der Waals surface area contributed by atoms with Crippen molar-refractivity contribution < 1.29 is 31.5 Å². The molecule has 0 aromatic carbocycles. The highest BCUT2D eigenvalue weighted by atomic mass is 35.5. The van der Waals surface area contributed by atoms with Gasteiger partial charge in [0.25, 0.3) is 5.84 Å². The van der Waals surface area contributed by atoms with Crippen LogP contribution in [0.5, 0.6) is 0 Å². The summed E-state index contributed by atoms with van der Waals surface area (Å²) in [7, 11) is 0. The highest BCUT2D eigenvalue weighted by molar-refractivity contribution is 6.66. The molecule has 0 aromatic heterocycles. The number of alkyl halides is 6. The lowest BCUT2D eigenvalue weighted by molar-refractivity contribution is -0.0685. The Bertz CT molecular complexity index is 281. The van der Waals surface area contributed by atoms with Gasteiger partial charge in [-0.05, 0) is 0 Å². The summed E-state index contributed by atoms with van der Waals surface area (Å²) in [6.45, 7) is 0. The molecule has 2 N–H and O–H groups in total. The smallest absolute Gasteiger partial charge is 0.290 e. The first-order chi connectivity index (χ1) is 6.59. The van der Waals surface area contributed by atoms with Crippen LogP contribution < -0.4 is 5.48 Å². The minimum Gasteiger partial charge on any atom is -0.290 e. The normalized spacial score (nSPS) is 15.5. The van der Waals surface area contributed by atoms with E-state index in [9.17, 15) is 26.3 Å². The second-order valence-electron chi connectivity index (χ2n) is 1.95. The van der Waals surface area contributed by atoms with Crippen molar-refractivity contribution in [2.75, 3.05) is 0 Å². The first-order valence-electron chi connectivity index (χ1n) is 2.94. The molecule has 0 fully saturated rings. The Morgan fingerprint density at radius 1 is 1.00 bits per heavy atom. The van der Waals surface area contributed by atoms with Crippen molar-refractivity contribution in [3.05, 3.63) is 0 Å². The molecule has 0 unspecified atom stereocenters. The lowest BCUT2D eigenvalue weighted by Crippen LogP contribution is -2.34. The molecular formula is C4H2ClF6N3O. The molecule has 0 saturated carbocycles. The Morgan fingerprint density at radius 2 is 1.47 bits per heavy atom. The number of halogens is 7. The molecule has 0 amide bonds. The summed E-state index contributed by atoms with van der Waals surface area (Å²) >= 11 is 4.45. The summed E-state index contributed by atoms with van der Waals surface area (Å²) in [5.41, 5.74) is 0.541. The maximum Gasteiger partial charge on any atom is 0.453 e. The van der Waals surface area contributed by atoms with Crippen molar-refractivity contribution in [2.45, 2.75) is 12.4 Å². The maximum atomic E-state index is 11.7. The summed E-state index contributed by atoms with van der Waals surface area (Å²) in [6.07, 6.45) is -10.3. The fourth-order valence-corrected chi connectivity index (χ4v) is 0.331. The molecule has 0 aliphatic heterocycles. The average Bonchev–Trinajstić information content (AvgIpc) is 2.00. The number of hydroxylamine groups is 1. The van der Waals surface area contributed by atoms with Crippen LogP contribution in [0.15, 0.2) is 10.2 Å². The number of nitrogens with one attached hydrogen (secondary N) is 1. The lowest BCUT2D eigenvalue weighted by Gasteiger charge is -2.06. The van der Waals surface area contributed by atoms with E-state index in [4.69, 9.17) is 5.21 Å². The number of hydrogen-bond acceptors (Lipinski definition) is 3. The number of nitrogens with zero attached hydrogens (tertiary/aromatic N) is 2. The van der Waals surface area contributed by atoms with Gasteiger partial charge in [-0.3, -0.25) is 5.21 Å². The molecule has 0 aliphatic rings. The van der Waals surface area contributed by atoms with Crippen LogP contribution in [0.2, 0.25) is 0 Å². The highest BCUT2D eigenvalue weighted by Gasteiger charge is 2.38. The SMILES string of the molecule is ON/C(=N/N=C(\Cl)C(F)(F)F)C(F)(F)F. The third kappa shape index (κ3) is 4.83. The first-order valence-corrected chi connectivity index (χ1v) is 3.32. The van der Waals surface area contributed by atoms with Gasteiger partial charge in [0.05, 0.1) is 0 Å². The van der Waals surface area contributed by atoms with Gasteiger partial charge in [-0.2, -0.15) is 26.3 Å². The Morgan fingerprint density at radius 3 is 1.73 bits per heavy atom. The second kappa shape index (κ2) is 4.66. The van der Waals surface area contributed by atoms with Gasteiger partial charge in [-0.1, -0.05) is 11.6 Å². The molecule has 0 bridgehead atoms. The Kier molecular flexibility index (Phi) is 4.34. The maximum absolute atomic E-state index is 11.7. The molecule has 15 heavy (non-hydrogen) atoms. The van der Waals surface area contributed by atoms with E-state index < -0.39 is 23.4 Å². The summed E-state index contributed by atoms with van der Waals surface area (Å²) < 4.78 is 70.0. The van der Waals surface area contributed by atoms with Crippen molar-refractivity contribution in [2.24, 2.45) is 10.2 Å². The molecule has 0 heterocycles. The van der Waals surface area contributed by atoms with E-state index in [2.05, 4.69) is 11.6 Å². The van der Waals surface area contributed by atoms with Crippen molar-refractivity contribution in [3.8, 4) is 0 Å². The average molecular weight is 258 g/mol. The van der Waals surface area contributed by atoms with E-state index in [1.165, 1.54) is 0 Å². The second-order valence-corrected chi connectivity index (χ2v) is 2.30. The zero-order valence-electron chi connectivity index (χ0n) is 6.49. The Labute approximate surface area is 83.2 Å². The zero-order chi connectivity index (χ0) is 12.3. The van der Waals surface area contributed by atoms with Gasteiger partial charge in [0.1, 0.15) is 0 Å². The van der Waals surface area contributed by atoms with Crippen LogP contribution in [0, 0.1) is 0 Å². The third-order valence-electron chi connectivity index (χ3n) is 0.846. The molecule has 0 saturated heterocycles. The summed E-state index contributed by atoms with van der Waals surface area (Å²) in [4.78, 5) is 0. The van der Waals surface area contributed by atoms with Gasteiger partial charge < -0.3 is 0 Å². The van der Waals surface area contributed by atoms with Crippen LogP contribution in [0.3, 0.4) is 0 Å². The summed E-state index contributed by atoms with van der Waals surface area (Å²) in [5, 5.41) is 9.87. The van der Waals surface area contributed by atoms with Crippen molar-refractivity contribution in [3.63, 3.8) is 0 Å². The van der Waals surface area contributed by atoms with Crippen LogP contribution >= 0.6 is 11.6 Å². The predicted octanol–water partition coefficient (Wildman–Crippen LogP) is 2.04. The fourth-order valence-electron chi connectivity index (χ4n) is 0.293. The fraction of sp³-hybridized carbons (Fsp3) is 0.500. The van der Waals surface area contributed by atoms with Crippen molar-refractivity contribution >= 4 is 22.6 Å². The van der Waals surface area contributed by atoms with E-state index in [1.807, 2.05) is 10.2 Å². The van der Waals surface area contributed by atoms with Crippen molar-refractivity contribution in [1.29, 1.82) is 0 Å². The Hall–Kier alpha value is -1.03. The first kappa shape index (κ1) is 14.0. The van der Waals surface area contributed by atoms with Crippen molar-refractivity contribution in [1.82, 2.24) is 5.48 Å². The monoisotopic (exact) mass is 257 g/mol. The van der Waals surface area contributed by atoms with Gasteiger partial charge in [0, 0.05) is 0 Å². The van der Waals surface area contributed by atoms with E-state index >= 15 is 0 Å². The predicted molar refractivity (Wildman–Crippen MR) is 37.8 cm³/mol. The topological polar surface area (TPSA) is 57.0 Å². The highest BCUT2D eigenvalue weighted by Crippen LogP contribution is 2.21.